The molecule has 0 radical (unpaired) electrons. The van der Waals surface area contributed by atoms with Crippen LogP contribution in [0.25, 0.3) is 0 Å². The number of ether oxygens (including phenoxy) is 1. The Labute approximate surface area is 96.2 Å². The fourth-order valence-electron chi connectivity index (χ4n) is 1.67. The Morgan fingerprint density at radius 1 is 1.38 bits per heavy atom. The molecular weight excluding hydrogens is 238 g/mol. The average molecular weight is 247 g/mol. The molecule has 1 aromatic rings. The van der Waals surface area contributed by atoms with E-state index in [-0.39, 0.29) is 22.3 Å². The van der Waals surface area contributed by atoms with Gasteiger partial charge >= 0.3 is 0 Å². The van der Waals surface area contributed by atoms with Crippen molar-refractivity contribution in [2.24, 2.45) is 5.92 Å². The summed E-state index contributed by atoms with van der Waals surface area (Å²) in [6, 6.07) is 1.66. The summed E-state index contributed by atoms with van der Waals surface area (Å²) >= 11 is 5.71. The number of hydrogen-bond acceptors (Lipinski definition) is 2. The maximum absolute atomic E-state index is 13.0. The first-order chi connectivity index (χ1) is 7.59. The van der Waals surface area contributed by atoms with Crippen LogP contribution >= 0.6 is 11.6 Å². The molecule has 1 heterocycles. The van der Waals surface area contributed by atoms with Crippen molar-refractivity contribution in [2.45, 2.75) is 6.42 Å². The van der Waals surface area contributed by atoms with Crippen LogP contribution in [0.5, 0.6) is 0 Å². The summed E-state index contributed by atoms with van der Waals surface area (Å²) < 4.78 is 30.9. The second-order valence-corrected chi connectivity index (χ2v) is 4.08. The van der Waals surface area contributed by atoms with Crippen molar-refractivity contribution in [3.8, 4) is 0 Å². The van der Waals surface area contributed by atoms with Crippen LogP contribution in [0.1, 0.15) is 16.8 Å². The van der Waals surface area contributed by atoms with E-state index in [0.29, 0.717) is 19.6 Å². The molecule has 1 fully saturated rings. The minimum absolute atomic E-state index is 0.0241. The third-order valence-electron chi connectivity index (χ3n) is 2.58. The SMILES string of the molecule is O=C(c1cc(F)c(F)cc1Cl)C1CCOC1. The number of benzene rings is 1. The van der Waals surface area contributed by atoms with E-state index in [9.17, 15) is 13.6 Å². The highest BCUT2D eigenvalue weighted by Gasteiger charge is 2.27. The monoisotopic (exact) mass is 246 g/mol. The van der Waals surface area contributed by atoms with E-state index in [1.165, 1.54) is 0 Å². The summed E-state index contributed by atoms with van der Waals surface area (Å²) in [6.07, 6.45) is 0.591. The van der Waals surface area contributed by atoms with E-state index < -0.39 is 11.6 Å². The van der Waals surface area contributed by atoms with Crippen molar-refractivity contribution in [1.82, 2.24) is 0 Å². The lowest BCUT2D eigenvalue weighted by Gasteiger charge is -2.08. The molecule has 2 nitrogen and oxygen atoms in total. The number of carbonyl (C=O) groups excluding carboxylic acids is 1. The van der Waals surface area contributed by atoms with E-state index in [2.05, 4.69) is 0 Å². The molecule has 2 rings (SSSR count). The number of ketones is 1. The molecule has 0 aliphatic carbocycles. The predicted molar refractivity (Wildman–Crippen MR) is 54.6 cm³/mol. The summed E-state index contributed by atoms with van der Waals surface area (Å²) in [5, 5.41) is -0.0594. The Morgan fingerprint density at radius 2 is 2.06 bits per heavy atom. The van der Waals surface area contributed by atoms with Gasteiger partial charge in [-0.3, -0.25) is 4.79 Å². The van der Waals surface area contributed by atoms with Crippen molar-refractivity contribution in [3.05, 3.63) is 34.4 Å². The number of Topliss-reactive ketones (excluding diaryl/α,β-unsaturated/α-hetero) is 1. The minimum Gasteiger partial charge on any atom is -0.381 e. The quantitative estimate of drug-likeness (QED) is 0.593. The van der Waals surface area contributed by atoms with Gasteiger partial charge in [0.05, 0.1) is 11.6 Å². The summed E-state index contributed by atoms with van der Waals surface area (Å²) in [5.41, 5.74) is 0.0241. The molecule has 1 aromatic carbocycles. The van der Waals surface area contributed by atoms with Crippen LogP contribution in [0.4, 0.5) is 8.78 Å². The van der Waals surface area contributed by atoms with Gasteiger partial charge in [-0.15, -0.1) is 0 Å². The molecule has 86 valence electrons. The van der Waals surface area contributed by atoms with Gasteiger partial charge < -0.3 is 4.74 Å². The van der Waals surface area contributed by atoms with E-state index in [0.717, 1.165) is 12.1 Å². The zero-order valence-corrected chi connectivity index (χ0v) is 9.06. The summed E-state index contributed by atoms with van der Waals surface area (Å²) in [5.74, 6) is -2.71. The highest BCUT2D eigenvalue weighted by atomic mass is 35.5. The van der Waals surface area contributed by atoms with E-state index >= 15 is 0 Å². The Hall–Kier alpha value is -1.00. The first kappa shape index (κ1) is 11.5. The second-order valence-electron chi connectivity index (χ2n) is 3.67. The third kappa shape index (κ3) is 2.08. The normalized spacial score (nSPS) is 20.1. The summed E-state index contributed by atoms with van der Waals surface area (Å²) in [4.78, 5) is 11.9. The highest BCUT2D eigenvalue weighted by molar-refractivity contribution is 6.34. The molecule has 1 unspecified atom stereocenters. The molecule has 0 bridgehead atoms. The lowest BCUT2D eigenvalue weighted by molar-refractivity contribution is 0.0900. The average Bonchev–Trinajstić information content (AvgIpc) is 2.75. The van der Waals surface area contributed by atoms with E-state index in [1.807, 2.05) is 0 Å². The maximum atomic E-state index is 13.0. The zero-order valence-electron chi connectivity index (χ0n) is 8.30. The van der Waals surface area contributed by atoms with Crippen molar-refractivity contribution in [3.63, 3.8) is 0 Å². The molecule has 0 aromatic heterocycles. The van der Waals surface area contributed by atoms with Gasteiger partial charge in [0, 0.05) is 18.1 Å². The molecule has 0 saturated carbocycles. The van der Waals surface area contributed by atoms with Crippen molar-refractivity contribution in [2.75, 3.05) is 13.2 Å². The fourth-order valence-corrected chi connectivity index (χ4v) is 1.92. The van der Waals surface area contributed by atoms with Gasteiger partial charge in [-0.1, -0.05) is 11.6 Å². The molecule has 0 spiro atoms. The molecule has 1 saturated heterocycles. The first-order valence-electron chi connectivity index (χ1n) is 4.86. The maximum Gasteiger partial charge on any atom is 0.169 e. The molecule has 5 heteroatoms. The largest absolute Gasteiger partial charge is 0.381 e. The van der Waals surface area contributed by atoms with Gasteiger partial charge in [-0.25, -0.2) is 8.78 Å². The second kappa shape index (κ2) is 4.47. The number of halogens is 3. The lowest BCUT2D eigenvalue weighted by Crippen LogP contribution is -2.15. The standard InChI is InChI=1S/C11H9ClF2O2/c12-8-4-10(14)9(13)3-7(8)11(15)6-1-2-16-5-6/h3-4,6H,1-2,5H2. The molecule has 0 amide bonds. The molecule has 1 aliphatic heterocycles. The Balaban J connectivity index is 2.32. The number of hydrogen-bond donors (Lipinski definition) is 0. The van der Waals surface area contributed by atoms with Crippen LogP contribution in [-0.4, -0.2) is 19.0 Å². The molecule has 1 aliphatic rings. The topological polar surface area (TPSA) is 26.3 Å². The number of carbonyl (C=O) groups is 1. The van der Waals surface area contributed by atoms with Crippen LogP contribution in [0.2, 0.25) is 5.02 Å². The number of rotatable bonds is 2. The van der Waals surface area contributed by atoms with Crippen molar-refractivity contribution >= 4 is 17.4 Å². The Kier molecular flexibility index (Phi) is 3.21. The van der Waals surface area contributed by atoms with Gasteiger partial charge in [0.1, 0.15) is 0 Å². The van der Waals surface area contributed by atoms with E-state index in [1.54, 1.807) is 0 Å². The Morgan fingerprint density at radius 3 is 2.69 bits per heavy atom. The predicted octanol–water partition coefficient (Wildman–Crippen LogP) is 2.84. The van der Waals surface area contributed by atoms with Crippen LogP contribution in [0.3, 0.4) is 0 Å². The fraction of sp³-hybridized carbons (Fsp3) is 0.364. The molecular formula is C11H9ClF2O2. The summed E-state index contributed by atoms with van der Waals surface area (Å²) in [7, 11) is 0. The van der Waals surface area contributed by atoms with E-state index in [4.69, 9.17) is 16.3 Å². The van der Waals surface area contributed by atoms with Gasteiger partial charge in [-0.2, -0.15) is 0 Å². The van der Waals surface area contributed by atoms with Crippen molar-refractivity contribution < 1.29 is 18.3 Å². The first-order valence-corrected chi connectivity index (χ1v) is 5.24. The minimum atomic E-state index is -1.06. The Bertz CT molecular complexity index is 428. The highest BCUT2D eigenvalue weighted by Crippen LogP contribution is 2.25. The van der Waals surface area contributed by atoms with Gasteiger partial charge in [0.2, 0.25) is 0 Å². The smallest absolute Gasteiger partial charge is 0.169 e. The lowest BCUT2D eigenvalue weighted by atomic mass is 9.97. The van der Waals surface area contributed by atoms with Crippen LogP contribution in [0.15, 0.2) is 12.1 Å². The third-order valence-corrected chi connectivity index (χ3v) is 2.89. The summed E-state index contributed by atoms with van der Waals surface area (Å²) in [6.45, 7) is 0.825. The van der Waals surface area contributed by atoms with Crippen LogP contribution < -0.4 is 0 Å². The molecule has 1 atom stereocenters. The van der Waals surface area contributed by atoms with Gasteiger partial charge in [0.25, 0.3) is 0 Å². The molecule has 0 N–H and O–H groups in total. The van der Waals surface area contributed by atoms with Crippen LogP contribution in [0, 0.1) is 17.6 Å². The molecule has 16 heavy (non-hydrogen) atoms. The zero-order chi connectivity index (χ0) is 11.7. The van der Waals surface area contributed by atoms with Gasteiger partial charge in [-0.05, 0) is 18.6 Å². The van der Waals surface area contributed by atoms with Crippen LogP contribution in [-0.2, 0) is 4.74 Å². The van der Waals surface area contributed by atoms with Crippen molar-refractivity contribution in [1.29, 1.82) is 0 Å². The van der Waals surface area contributed by atoms with Gasteiger partial charge in [0.15, 0.2) is 17.4 Å².